The van der Waals surface area contributed by atoms with Crippen molar-refractivity contribution in [2.45, 2.75) is 37.1 Å². The van der Waals surface area contributed by atoms with Crippen molar-refractivity contribution in [1.82, 2.24) is 5.32 Å². The molecule has 0 spiro atoms. The van der Waals surface area contributed by atoms with Crippen LogP contribution in [0.15, 0.2) is 12.1 Å². The molecule has 0 saturated heterocycles. The van der Waals surface area contributed by atoms with E-state index in [4.69, 9.17) is 11.6 Å². The third-order valence-electron chi connectivity index (χ3n) is 3.47. The lowest BCUT2D eigenvalue weighted by atomic mass is 9.94. The number of nitro benzene ring substituents is 1. The van der Waals surface area contributed by atoms with Crippen molar-refractivity contribution in [1.29, 1.82) is 0 Å². The summed E-state index contributed by atoms with van der Waals surface area (Å²) in [5, 5.41) is 13.5. The van der Waals surface area contributed by atoms with Crippen LogP contribution in [0, 0.1) is 21.7 Å². The molecular weight excluding hydrogens is 306 g/mol. The van der Waals surface area contributed by atoms with Crippen molar-refractivity contribution in [3.05, 3.63) is 39.4 Å². The number of nitro groups is 1. The van der Waals surface area contributed by atoms with E-state index < -0.39 is 33.7 Å². The van der Waals surface area contributed by atoms with E-state index in [0.29, 0.717) is 25.0 Å². The standard InChI is InChI=1S/C13H13ClF2N2O3/c14-7-1-3-8(4-2-7)17-13(19)9-5-10(15)11(16)6-12(9)18(20)21/h5-8H,1-4H2,(H,17,19). The minimum absolute atomic E-state index is 0.0655. The molecule has 1 amide bonds. The first-order valence-electron chi connectivity index (χ1n) is 6.47. The molecule has 1 fully saturated rings. The lowest BCUT2D eigenvalue weighted by Gasteiger charge is -2.25. The SMILES string of the molecule is O=C(NC1CCC(Cl)CC1)c1cc(F)c(F)cc1[N+](=O)[O-]. The minimum Gasteiger partial charge on any atom is -0.349 e. The van der Waals surface area contributed by atoms with E-state index in [9.17, 15) is 23.7 Å². The van der Waals surface area contributed by atoms with Crippen molar-refractivity contribution < 1.29 is 18.5 Å². The summed E-state index contributed by atoms with van der Waals surface area (Å²) >= 11 is 5.95. The molecule has 8 heteroatoms. The number of rotatable bonds is 3. The molecule has 2 rings (SSSR count). The van der Waals surface area contributed by atoms with Gasteiger partial charge in [0, 0.05) is 11.4 Å². The average Bonchev–Trinajstić information content (AvgIpc) is 2.43. The second-order valence-corrected chi connectivity index (χ2v) is 5.58. The predicted octanol–water partition coefficient (Wildman–Crippen LogP) is 3.15. The highest BCUT2D eigenvalue weighted by Crippen LogP contribution is 2.25. The Balaban J connectivity index is 2.18. The molecule has 1 N–H and O–H groups in total. The molecule has 0 aliphatic heterocycles. The van der Waals surface area contributed by atoms with Gasteiger partial charge in [-0.15, -0.1) is 11.6 Å². The summed E-state index contributed by atoms with van der Waals surface area (Å²) in [5.74, 6) is -3.44. The van der Waals surface area contributed by atoms with Crippen LogP contribution >= 0.6 is 11.6 Å². The Hall–Kier alpha value is -1.76. The molecule has 0 bridgehead atoms. The molecule has 1 aromatic carbocycles. The number of nitrogens with one attached hydrogen (secondary N) is 1. The van der Waals surface area contributed by atoms with Crippen molar-refractivity contribution >= 4 is 23.2 Å². The minimum atomic E-state index is -1.36. The quantitative estimate of drug-likeness (QED) is 0.528. The summed E-state index contributed by atoms with van der Waals surface area (Å²) in [6.45, 7) is 0. The van der Waals surface area contributed by atoms with Gasteiger partial charge >= 0.3 is 0 Å². The Labute approximate surface area is 124 Å². The summed E-state index contributed by atoms with van der Waals surface area (Å²) in [4.78, 5) is 22.0. The van der Waals surface area contributed by atoms with Gasteiger partial charge in [0.1, 0.15) is 5.56 Å². The topological polar surface area (TPSA) is 72.2 Å². The van der Waals surface area contributed by atoms with Gasteiger partial charge in [-0.05, 0) is 31.7 Å². The number of amides is 1. The summed E-state index contributed by atoms with van der Waals surface area (Å²) in [7, 11) is 0. The zero-order chi connectivity index (χ0) is 15.6. The van der Waals surface area contributed by atoms with Gasteiger partial charge in [-0.1, -0.05) is 0 Å². The van der Waals surface area contributed by atoms with Gasteiger partial charge in [-0.3, -0.25) is 14.9 Å². The maximum atomic E-state index is 13.2. The molecular formula is C13H13ClF2N2O3. The molecule has 1 saturated carbocycles. The highest BCUT2D eigenvalue weighted by Gasteiger charge is 2.27. The van der Waals surface area contributed by atoms with Gasteiger partial charge in [0.2, 0.25) is 0 Å². The number of nitrogens with zero attached hydrogens (tertiary/aromatic N) is 1. The van der Waals surface area contributed by atoms with E-state index in [1.807, 2.05) is 0 Å². The molecule has 1 aromatic rings. The zero-order valence-electron chi connectivity index (χ0n) is 10.9. The highest BCUT2D eigenvalue weighted by atomic mass is 35.5. The van der Waals surface area contributed by atoms with Crippen LogP contribution in [0.1, 0.15) is 36.0 Å². The fourth-order valence-corrected chi connectivity index (χ4v) is 2.58. The molecule has 0 aromatic heterocycles. The van der Waals surface area contributed by atoms with E-state index >= 15 is 0 Å². The number of hydrogen-bond acceptors (Lipinski definition) is 3. The molecule has 0 atom stereocenters. The van der Waals surface area contributed by atoms with Crippen LogP contribution in [0.3, 0.4) is 0 Å². The number of halogens is 3. The van der Waals surface area contributed by atoms with Gasteiger partial charge < -0.3 is 5.32 Å². The van der Waals surface area contributed by atoms with E-state index in [1.165, 1.54) is 0 Å². The lowest BCUT2D eigenvalue weighted by molar-refractivity contribution is -0.385. The number of carbonyl (C=O) groups excluding carboxylic acids is 1. The monoisotopic (exact) mass is 318 g/mol. The lowest BCUT2D eigenvalue weighted by Crippen LogP contribution is -2.38. The molecule has 0 radical (unpaired) electrons. The molecule has 0 unspecified atom stereocenters. The van der Waals surface area contributed by atoms with Gasteiger partial charge in [0.05, 0.1) is 11.0 Å². The second kappa shape index (κ2) is 6.34. The van der Waals surface area contributed by atoms with E-state index in [1.54, 1.807) is 0 Å². The number of carbonyl (C=O) groups is 1. The second-order valence-electron chi connectivity index (χ2n) is 4.96. The third kappa shape index (κ3) is 3.66. The Kier molecular flexibility index (Phi) is 4.72. The van der Waals surface area contributed by atoms with Gasteiger partial charge in [-0.25, -0.2) is 8.78 Å². The Morgan fingerprint density at radius 2 is 1.81 bits per heavy atom. The van der Waals surface area contributed by atoms with Crippen molar-refractivity contribution in [3.8, 4) is 0 Å². The molecule has 114 valence electrons. The van der Waals surface area contributed by atoms with Crippen LogP contribution in [-0.2, 0) is 0 Å². The summed E-state index contributed by atoms with van der Waals surface area (Å²) in [5.41, 5.74) is -1.23. The average molecular weight is 319 g/mol. The number of benzene rings is 1. The summed E-state index contributed by atoms with van der Waals surface area (Å²) in [6, 6.07) is 0.802. The van der Waals surface area contributed by atoms with Gasteiger partial charge in [-0.2, -0.15) is 0 Å². The fraction of sp³-hybridized carbons (Fsp3) is 0.462. The number of alkyl halides is 1. The maximum absolute atomic E-state index is 13.2. The normalized spacial score (nSPS) is 21.9. The summed E-state index contributed by atoms with van der Waals surface area (Å²) < 4.78 is 26.3. The van der Waals surface area contributed by atoms with Crippen LogP contribution in [0.4, 0.5) is 14.5 Å². The van der Waals surface area contributed by atoms with Crippen molar-refractivity contribution in [2.75, 3.05) is 0 Å². The maximum Gasteiger partial charge on any atom is 0.285 e. The molecule has 1 aliphatic carbocycles. The van der Waals surface area contributed by atoms with Crippen molar-refractivity contribution in [3.63, 3.8) is 0 Å². The zero-order valence-corrected chi connectivity index (χ0v) is 11.7. The van der Waals surface area contributed by atoms with Crippen LogP contribution in [0.2, 0.25) is 0 Å². The molecule has 5 nitrogen and oxygen atoms in total. The first kappa shape index (κ1) is 15.6. The van der Waals surface area contributed by atoms with E-state index in [0.717, 1.165) is 12.8 Å². The first-order chi connectivity index (χ1) is 9.88. The number of hydrogen-bond donors (Lipinski definition) is 1. The first-order valence-corrected chi connectivity index (χ1v) is 6.90. The summed E-state index contributed by atoms with van der Waals surface area (Å²) in [6.07, 6.45) is 2.76. The smallest absolute Gasteiger partial charge is 0.285 e. The van der Waals surface area contributed by atoms with E-state index in [-0.39, 0.29) is 11.4 Å². The fourth-order valence-electron chi connectivity index (χ4n) is 2.33. The van der Waals surface area contributed by atoms with Crippen LogP contribution < -0.4 is 5.32 Å². The van der Waals surface area contributed by atoms with Crippen LogP contribution in [-0.4, -0.2) is 22.2 Å². The third-order valence-corrected chi connectivity index (χ3v) is 3.91. The Morgan fingerprint density at radius 3 is 2.38 bits per heavy atom. The van der Waals surface area contributed by atoms with Crippen LogP contribution in [0.5, 0.6) is 0 Å². The Bertz CT molecular complexity index is 575. The molecule has 1 aliphatic rings. The largest absolute Gasteiger partial charge is 0.349 e. The predicted molar refractivity (Wildman–Crippen MR) is 72.4 cm³/mol. The van der Waals surface area contributed by atoms with Gasteiger partial charge in [0.25, 0.3) is 11.6 Å². The van der Waals surface area contributed by atoms with E-state index in [2.05, 4.69) is 5.32 Å². The van der Waals surface area contributed by atoms with Crippen LogP contribution in [0.25, 0.3) is 0 Å². The molecule has 0 heterocycles. The Morgan fingerprint density at radius 1 is 1.24 bits per heavy atom. The van der Waals surface area contributed by atoms with Crippen molar-refractivity contribution in [2.24, 2.45) is 0 Å². The van der Waals surface area contributed by atoms with Gasteiger partial charge in [0.15, 0.2) is 11.6 Å². The molecule has 21 heavy (non-hydrogen) atoms. The highest BCUT2D eigenvalue weighted by molar-refractivity contribution is 6.20.